The number of carbonyl (C=O) groups is 3. The van der Waals surface area contributed by atoms with Crippen molar-refractivity contribution in [3.05, 3.63) is 29.8 Å². The number of hydrogen-bond acceptors (Lipinski definition) is 7. The minimum atomic E-state index is -0.972. The first-order valence-electron chi connectivity index (χ1n) is 9.41. The lowest BCUT2D eigenvalue weighted by molar-refractivity contribution is -0.155. The molecule has 1 rings (SSSR count). The second-order valence-corrected chi connectivity index (χ2v) is 6.66. The highest BCUT2D eigenvalue weighted by molar-refractivity contribution is 5.76. The summed E-state index contributed by atoms with van der Waals surface area (Å²) in [6.45, 7) is 11.4. The van der Waals surface area contributed by atoms with Crippen LogP contribution in [0.2, 0.25) is 0 Å². The van der Waals surface area contributed by atoms with Crippen molar-refractivity contribution in [2.24, 2.45) is 11.8 Å². The van der Waals surface area contributed by atoms with Crippen molar-refractivity contribution in [1.82, 2.24) is 0 Å². The maximum absolute atomic E-state index is 11.7. The molecule has 0 aliphatic carbocycles. The molecule has 0 saturated carbocycles. The topological polar surface area (TPSA) is 99.1 Å². The molecule has 1 aromatic rings. The minimum absolute atomic E-state index is 0.00907. The van der Waals surface area contributed by atoms with Crippen LogP contribution in [0.1, 0.15) is 51.9 Å². The lowest BCUT2D eigenvalue weighted by Gasteiger charge is -2.20. The number of hydrogen-bond donors (Lipinski definition) is 1. The fraction of sp³-hybridized carbons (Fsp3) is 0.571. The highest BCUT2D eigenvalue weighted by Gasteiger charge is 2.25. The second-order valence-electron chi connectivity index (χ2n) is 6.66. The van der Waals surface area contributed by atoms with Crippen molar-refractivity contribution in [3.8, 4) is 5.75 Å². The van der Waals surface area contributed by atoms with E-state index in [2.05, 4.69) is 4.74 Å². The van der Waals surface area contributed by atoms with Crippen LogP contribution >= 0.6 is 0 Å². The van der Waals surface area contributed by atoms with E-state index in [1.165, 1.54) is 0 Å². The number of aliphatic hydroxyl groups is 1. The van der Waals surface area contributed by atoms with Crippen LogP contribution < -0.4 is 4.74 Å². The predicted octanol–water partition coefficient (Wildman–Crippen LogP) is 3.03. The number of rotatable bonds is 9. The largest absolute Gasteiger partial charge is 0.478 e. The molecule has 0 bridgehead atoms. The summed E-state index contributed by atoms with van der Waals surface area (Å²) in [4.78, 5) is 32.9. The van der Waals surface area contributed by atoms with Gasteiger partial charge in [-0.1, -0.05) is 27.7 Å². The quantitative estimate of drug-likeness (QED) is 0.506. The molecule has 1 N–H and O–H groups in total. The Kier molecular flexibility index (Phi) is 12.5. The number of esters is 2. The molecule has 0 heterocycles. The van der Waals surface area contributed by atoms with Gasteiger partial charge in [0.15, 0.2) is 12.2 Å². The summed E-state index contributed by atoms with van der Waals surface area (Å²) in [5.41, 5.74) is 0.569. The summed E-state index contributed by atoms with van der Waals surface area (Å²) in [6, 6.07) is 6.62. The van der Waals surface area contributed by atoms with Gasteiger partial charge in [0, 0.05) is 11.5 Å². The zero-order chi connectivity index (χ0) is 21.7. The van der Waals surface area contributed by atoms with Crippen molar-refractivity contribution >= 4 is 18.2 Å². The Hall–Kier alpha value is -2.41. The van der Waals surface area contributed by atoms with Gasteiger partial charge in [-0.2, -0.15) is 0 Å². The number of benzene rings is 1. The Balaban J connectivity index is 0.000000621. The number of aldehydes is 1. The first-order valence-corrected chi connectivity index (χ1v) is 9.41. The highest BCUT2D eigenvalue weighted by Crippen LogP contribution is 2.17. The normalized spacial score (nSPS) is 12.5. The summed E-state index contributed by atoms with van der Waals surface area (Å²) in [5.74, 6) is -0.411. The van der Waals surface area contributed by atoms with E-state index < -0.39 is 18.2 Å². The zero-order valence-corrected chi connectivity index (χ0v) is 17.5. The molecule has 1 aromatic carbocycles. The van der Waals surface area contributed by atoms with Crippen LogP contribution in [0.3, 0.4) is 0 Å². The van der Waals surface area contributed by atoms with Crippen LogP contribution in [0, 0.1) is 11.8 Å². The van der Waals surface area contributed by atoms with Crippen molar-refractivity contribution in [3.63, 3.8) is 0 Å². The van der Waals surface area contributed by atoms with E-state index in [0.717, 1.165) is 6.29 Å². The maximum atomic E-state index is 11.7. The molecule has 0 fully saturated rings. The van der Waals surface area contributed by atoms with E-state index in [1.54, 1.807) is 52.0 Å². The average Bonchev–Trinajstić information content (AvgIpc) is 2.66. The number of aliphatic hydroxyl groups excluding tert-OH is 1. The van der Waals surface area contributed by atoms with Gasteiger partial charge in [-0.05, 0) is 44.0 Å². The molecule has 0 saturated heterocycles. The maximum Gasteiger partial charge on any atom is 0.347 e. The third-order valence-corrected chi connectivity index (χ3v) is 3.56. The molecule has 0 radical (unpaired) electrons. The summed E-state index contributed by atoms with van der Waals surface area (Å²) in [6.07, 6.45) is -0.846. The summed E-state index contributed by atoms with van der Waals surface area (Å²) >= 11 is 0. The van der Waals surface area contributed by atoms with Gasteiger partial charge in [-0.25, -0.2) is 9.59 Å². The van der Waals surface area contributed by atoms with Crippen LogP contribution in [0.5, 0.6) is 5.75 Å². The monoisotopic (exact) mass is 396 g/mol. The standard InChI is InChI=1S/C14H18O4.C7H14O3/c1-4-17-14(16)13(10(2)3)18-12-7-5-11(9-15)6-8-12;1-4-10-7(9)6(8)5(2)3/h5-10,13H,4H2,1-3H3;5-6,8H,4H2,1-3H3/t13-;6-/m01/s1. The molecule has 0 aliphatic rings. The van der Waals surface area contributed by atoms with Crippen LogP contribution in [0.4, 0.5) is 0 Å². The van der Waals surface area contributed by atoms with E-state index in [4.69, 9.17) is 14.6 Å². The first kappa shape index (κ1) is 25.6. The van der Waals surface area contributed by atoms with Crippen molar-refractivity contribution < 1.29 is 33.7 Å². The fourth-order valence-electron chi connectivity index (χ4n) is 1.95. The van der Waals surface area contributed by atoms with Crippen LogP contribution in [-0.2, 0) is 19.1 Å². The molecule has 0 spiro atoms. The van der Waals surface area contributed by atoms with Gasteiger partial charge in [0.2, 0.25) is 0 Å². The van der Waals surface area contributed by atoms with Gasteiger partial charge in [-0.15, -0.1) is 0 Å². The SMILES string of the molecule is CCOC(=O)[C@@H](Oc1ccc(C=O)cc1)C(C)C.CCOC(=O)[C@H](O)C(C)C. The van der Waals surface area contributed by atoms with Crippen LogP contribution in [0.15, 0.2) is 24.3 Å². The zero-order valence-electron chi connectivity index (χ0n) is 17.5. The second kappa shape index (κ2) is 13.7. The molecule has 2 atom stereocenters. The Morgan fingerprint density at radius 3 is 1.82 bits per heavy atom. The van der Waals surface area contributed by atoms with Crippen LogP contribution in [-0.4, -0.2) is 48.8 Å². The molecule has 158 valence electrons. The molecule has 0 amide bonds. The van der Waals surface area contributed by atoms with Crippen molar-refractivity contribution in [2.75, 3.05) is 13.2 Å². The van der Waals surface area contributed by atoms with E-state index in [9.17, 15) is 14.4 Å². The molecule has 0 aromatic heterocycles. The Bertz CT molecular complexity index is 593. The number of carbonyl (C=O) groups excluding carboxylic acids is 3. The van der Waals surface area contributed by atoms with Gasteiger partial charge in [-0.3, -0.25) is 4.79 Å². The van der Waals surface area contributed by atoms with Gasteiger partial charge in [0.1, 0.15) is 12.0 Å². The van der Waals surface area contributed by atoms with Crippen LogP contribution in [0.25, 0.3) is 0 Å². The molecular weight excluding hydrogens is 364 g/mol. The lowest BCUT2D eigenvalue weighted by Crippen LogP contribution is -2.34. The summed E-state index contributed by atoms with van der Waals surface area (Å²) in [7, 11) is 0. The Morgan fingerprint density at radius 1 is 0.929 bits per heavy atom. The summed E-state index contributed by atoms with van der Waals surface area (Å²) in [5, 5.41) is 9.05. The average molecular weight is 396 g/mol. The molecule has 0 aliphatic heterocycles. The van der Waals surface area contributed by atoms with E-state index in [0.29, 0.717) is 24.5 Å². The molecule has 7 heteroatoms. The van der Waals surface area contributed by atoms with Gasteiger partial charge >= 0.3 is 11.9 Å². The molecule has 28 heavy (non-hydrogen) atoms. The van der Waals surface area contributed by atoms with E-state index >= 15 is 0 Å². The summed E-state index contributed by atoms with van der Waals surface area (Å²) < 4.78 is 15.1. The highest BCUT2D eigenvalue weighted by atomic mass is 16.6. The minimum Gasteiger partial charge on any atom is -0.478 e. The molecule has 7 nitrogen and oxygen atoms in total. The Morgan fingerprint density at radius 2 is 1.43 bits per heavy atom. The fourth-order valence-corrected chi connectivity index (χ4v) is 1.95. The van der Waals surface area contributed by atoms with E-state index in [-0.39, 0.29) is 17.8 Å². The van der Waals surface area contributed by atoms with Crippen molar-refractivity contribution in [2.45, 2.75) is 53.8 Å². The third-order valence-electron chi connectivity index (χ3n) is 3.56. The van der Waals surface area contributed by atoms with E-state index in [1.807, 2.05) is 13.8 Å². The Labute approximate surface area is 167 Å². The molecule has 0 unspecified atom stereocenters. The van der Waals surface area contributed by atoms with Gasteiger partial charge in [0.25, 0.3) is 0 Å². The third kappa shape index (κ3) is 9.50. The first-order chi connectivity index (χ1) is 13.2. The lowest BCUT2D eigenvalue weighted by atomic mass is 10.1. The van der Waals surface area contributed by atoms with Gasteiger partial charge < -0.3 is 19.3 Å². The smallest absolute Gasteiger partial charge is 0.347 e. The molecular formula is C21H32O7. The predicted molar refractivity (Wildman–Crippen MR) is 105 cm³/mol. The van der Waals surface area contributed by atoms with Crippen molar-refractivity contribution in [1.29, 1.82) is 0 Å². The number of ether oxygens (including phenoxy) is 3. The van der Waals surface area contributed by atoms with Gasteiger partial charge in [0.05, 0.1) is 13.2 Å².